The molecule has 140 valence electrons. The monoisotopic (exact) mass is 418 g/mol. The van der Waals surface area contributed by atoms with E-state index in [2.05, 4.69) is 35.0 Å². The fourth-order valence-electron chi connectivity index (χ4n) is 2.74. The zero-order valence-corrected chi connectivity index (χ0v) is 17.3. The zero-order chi connectivity index (χ0) is 18.9. The molecule has 26 heavy (non-hydrogen) atoms. The largest absolute Gasteiger partial charge is 0.486 e. The van der Waals surface area contributed by atoms with Crippen LogP contribution in [-0.2, 0) is 4.79 Å². The van der Waals surface area contributed by atoms with E-state index in [9.17, 15) is 4.79 Å². The maximum atomic E-state index is 11.7. The molecule has 0 aromatic heterocycles. The number of unbranched alkanes of at least 4 members (excludes halogenated alkanes) is 1. The molecule has 0 saturated carbocycles. The Hall–Kier alpha value is -1.81. The number of esters is 1. The summed E-state index contributed by atoms with van der Waals surface area (Å²) in [5, 5.41) is 0. The van der Waals surface area contributed by atoms with Crippen molar-refractivity contribution in [3.8, 4) is 11.5 Å². The molecule has 0 N–H and O–H groups in total. The van der Waals surface area contributed by atoms with Crippen molar-refractivity contribution >= 4 is 21.9 Å². The molecule has 0 aliphatic carbocycles. The molecule has 2 aromatic rings. The Morgan fingerprint density at radius 2 is 1.92 bits per heavy atom. The van der Waals surface area contributed by atoms with Gasteiger partial charge in [0.25, 0.3) is 0 Å². The van der Waals surface area contributed by atoms with Crippen LogP contribution in [0.1, 0.15) is 63.2 Å². The first-order valence-electron chi connectivity index (χ1n) is 9.27. The molecule has 1 unspecified atom stereocenters. The maximum Gasteiger partial charge on any atom is 0.311 e. The van der Waals surface area contributed by atoms with Crippen LogP contribution in [0.4, 0.5) is 0 Å². The average Bonchev–Trinajstić information content (AvgIpc) is 2.61. The van der Waals surface area contributed by atoms with E-state index >= 15 is 0 Å². The van der Waals surface area contributed by atoms with E-state index in [0.29, 0.717) is 12.2 Å². The number of carbonyl (C=O) groups is 1. The lowest BCUT2D eigenvalue weighted by molar-refractivity contribution is -0.134. The lowest BCUT2D eigenvalue weighted by Gasteiger charge is -2.20. The minimum absolute atomic E-state index is 0.000316. The molecule has 0 bridgehead atoms. The van der Waals surface area contributed by atoms with Gasteiger partial charge in [0.05, 0.1) is 0 Å². The second kappa shape index (κ2) is 10.4. The number of hydrogen-bond acceptors (Lipinski definition) is 3. The number of aryl methyl sites for hydroxylation is 1. The molecule has 2 rings (SSSR count). The van der Waals surface area contributed by atoms with E-state index in [1.54, 1.807) is 0 Å². The quantitative estimate of drug-likeness (QED) is 0.332. The highest BCUT2D eigenvalue weighted by Crippen LogP contribution is 2.31. The summed E-state index contributed by atoms with van der Waals surface area (Å²) in [5.41, 5.74) is 2.05. The fourth-order valence-corrected chi connectivity index (χ4v) is 3.16. The van der Waals surface area contributed by atoms with Crippen molar-refractivity contribution in [3.63, 3.8) is 0 Å². The van der Waals surface area contributed by atoms with Gasteiger partial charge in [0, 0.05) is 10.9 Å². The standard InChI is InChI=1S/C22H27BrO3/c1-4-6-11-21(17-9-7-10-18(23)15-17)25-19-12-13-20(16(3)14-19)26-22(24)8-5-2/h7,9-10,12-15,21H,4-6,8,11H2,1-3H3. The number of benzene rings is 2. The van der Waals surface area contributed by atoms with Crippen LogP contribution in [0.25, 0.3) is 0 Å². The van der Waals surface area contributed by atoms with Gasteiger partial charge in [-0.2, -0.15) is 0 Å². The zero-order valence-electron chi connectivity index (χ0n) is 15.8. The van der Waals surface area contributed by atoms with Gasteiger partial charge in [0.1, 0.15) is 17.6 Å². The molecule has 0 spiro atoms. The molecular formula is C22H27BrO3. The van der Waals surface area contributed by atoms with Gasteiger partial charge in [-0.3, -0.25) is 4.79 Å². The van der Waals surface area contributed by atoms with E-state index in [0.717, 1.165) is 47.0 Å². The summed E-state index contributed by atoms with van der Waals surface area (Å²) in [4.78, 5) is 11.7. The van der Waals surface area contributed by atoms with Gasteiger partial charge in [-0.05, 0) is 67.6 Å². The third kappa shape index (κ3) is 6.17. The van der Waals surface area contributed by atoms with Crippen molar-refractivity contribution in [2.24, 2.45) is 0 Å². The van der Waals surface area contributed by atoms with Crippen LogP contribution >= 0.6 is 15.9 Å². The van der Waals surface area contributed by atoms with Crippen molar-refractivity contribution in [3.05, 3.63) is 58.1 Å². The van der Waals surface area contributed by atoms with Gasteiger partial charge in [0.2, 0.25) is 0 Å². The summed E-state index contributed by atoms with van der Waals surface area (Å²) in [6, 6.07) is 13.9. The van der Waals surface area contributed by atoms with Gasteiger partial charge in [-0.1, -0.05) is 48.3 Å². The average molecular weight is 419 g/mol. The third-order valence-electron chi connectivity index (χ3n) is 4.14. The topological polar surface area (TPSA) is 35.5 Å². The Bertz CT molecular complexity index is 727. The van der Waals surface area contributed by atoms with Crippen molar-refractivity contribution in [2.75, 3.05) is 0 Å². The van der Waals surface area contributed by atoms with E-state index in [1.807, 2.05) is 44.2 Å². The lowest BCUT2D eigenvalue weighted by atomic mass is 10.0. The molecule has 3 nitrogen and oxygen atoms in total. The molecule has 0 aliphatic heterocycles. The first-order chi connectivity index (χ1) is 12.5. The van der Waals surface area contributed by atoms with Crippen LogP contribution in [0.5, 0.6) is 11.5 Å². The summed E-state index contributed by atoms with van der Waals surface area (Å²) in [7, 11) is 0. The lowest BCUT2D eigenvalue weighted by Crippen LogP contribution is -2.09. The number of rotatable bonds is 9. The second-order valence-corrected chi connectivity index (χ2v) is 7.37. The predicted molar refractivity (Wildman–Crippen MR) is 109 cm³/mol. The third-order valence-corrected chi connectivity index (χ3v) is 4.64. The Labute approximate surface area is 164 Å². The van der Waals surface area contributed by atoms with Crippen LogP contribution < -0.4 is 9.47 Å². The number of hydrogen-bond donors (Lipinski definition) is 0. The molecule has 4 heteroatoms. The molecular weight excluding hydrogens is 392 g/mol. The highest BCUT2D eigenvalue weighted by molar-refractivity contribution is 9.10. The van der Waals surface area contributed by atoms with Crippen LogP contribution in [0.15, 0.2) is 46.9 Å². The summed E-state index contributed by atoms with van der Waals surface area (Å²) >= 11 is 3.54. The fraction of sp³-hybridized carbons (Fsp3) is 0.409. The molecule has 0 saturated heterocycles. The van der Waals surface area contributed by atoms with Gasteiger partial charge < -0.3 is 9.47 Å². The summed E-state index contributed by atoms with van der Waals surface area (Å²) in [6.07, 6.45) is 4.39. The molecule has 0 heterocycles. The highest BCUT2D eigenvalue weighted by Gasteiger charge is 2.15. The predicted octanol–water partition coefficient (Wildman–Crippen LogP) is 6.77. The van der Waals surface area contributed by atoms with Crippen molar-refractivity contribution in [1.82, 2.24) is 0 Å². The number of ether oxygens (including phenoxy) is 2. The van der Waals surface area contributed by atoms with Crippen molar-refractivity contribution < 1.29 is 14.3 Å². The first kappa shape index (κ1) is 20.5. The Morgan fingerprint density at radius 3 is 2.58 bits per heavy atom. The van der Waals surface area contributed by atoms with Crippen molar-refractivity contribution in [2.45, 2.75) is 59.0 Å². The van der Waals surface area contributed by atoms with Gasteiger partial charge in [-0.25, -0.2) is 0 Å². The first-order valence-corrected chi connectivity index (χ1v) is 10.1. The summed E-state index contributed by atoms with van der Waals surface area (Å²) < 4.78 is 12.7. The van der Waals surface area contributed by atoms with E-state index in [-0.39, 0.29) is 12.1 Å². The van der Waals surface area contributed by atoms with Gasteiger partial charge >= 0.3 is 5.97 Å². The maximum absolute atomic E-state index is 11.7. The minimum Gasteiger partial charge on any atom is -0.486 e. The van der Waals surface area contributed by atoms with Crippen molar-refractivity contribution in [1.29, 1.82) is 0 Å². The summed E-state index contributed by atoms with van der Waals surface area (Å²) in [6.45, 7) is 6.08. The highest BCUT2D eigenvalue weighted by atomic mass is 79.9. The molecule has 2 aromatic carbocycles. The van der Waals surface area contributed by atoms with E-state index < -0.39 is 0 Å². The Kier molecular flexibility index (Phi) is 8.17. The molecule has 0 aliphatic rings. The van der Waals surface area contributed by atoms with Crippen LogP contribution in [0.2, 0.25) is 0 Å². The van der Waals surface area contributed by atoms with Gasteiger partial charge in [-0.15, -0.1) is 0 Å². The van der Waals surface area contributed by atoms with Crippen LogP contribution in [-0.4, -0.2) is 5.97 Å². The Balaban J connectivity index is 2.14. The number of halogens is 1. The normalized spacial score (nSPS) is 11.8. The Morgan fingerprint density at radius 1 is 1.12 bits per heavy atom. The van der Waals surface area contributed by atoms with Gasteiger partial charge in [0.15, 0.2) is 0 Å². The van der Waals surface area contributed by atoms with E-state index in [1.165, 1.54) is 0 Å². The molecule has 0 amide bonds. The molecule has 1 atom stereocenters. The SMILES string of the molecule is CCCCC(Oc1ccc(OC(=O)CCC)c(C)c1)c1cccc(Br)c1. The second-order valence-electron chi connectivity index (χ2n) is 6.46. The number of carbonyl (C=O) groups excluding carboxylic acids is 1. The summed E-state index contributed by atoms with van der Waals surface area (Å²) in [5.74, 6) is 1.20. The minimum atomic E-state index is -0.195. The molecule has 0 fully saturated rings. The van der Waals surface area contributed by atoms with Crippen LogP contribution in [0, 0.1) is 6.92 Å². The van der Waals surface area contributed by atoms with E-state index in [4.69, 9.17) is 9.47 Å². The smallest absolute Gasteiger partial charge is 0.311 e. The molecule has 0 radical (unpaired) electrons. The van der Waals surface area contributed by atoms with Crippen LogP contribution in [0.3, 0.4) is 0 Å².